The number of anilines is 2. The predicted octanol–water partition coefficient (Wildman–Crippen LogP) is 4.06. The third kappa shape index (κ3) is 3.50. The van der Waals surface area contributed by atoms with Gasteiger partial charge in [-0.2, -0.15) is 10.2 Å². The molecule has 3 N–H and O–H groups in total. The van der Waals surface area contributed by atoms with Gasteiger partial charge in [-0.25, -0.2) is 14.2 Å². The summed E-state index contributed by atoms with van der Waals surface area (Å²) >= 11 is 0. The minimum Gasteiger partial charge on any atom is -0.399 e. The molecule has 0 saturated heterocycles. The van der Waals surface area contributed by atoms with Crippen molar-refractivity contribution in [1.82, 2.24) is 24.4 Å². The SMILES string of the molecule is C=Cc1ccc(-n2nc(-c3ccc(N)cc3)cc2NC(=O)c2cnn3cccnc23)cc1. The van der Waals surface area contributed by atoms with Crippen LogP contribution in [0.1, 0.15) is 15.9 Å². The maximum Gasteiger partial charge on any atom is 0.262 e. The molecule has 0 atom stereocenters. The van der Waals surface area contributed by atoms with Crippen LogP contribution in [0.4, 0.5) is 11.5 Å². The van der Waals surface area contributed by atoms with Crippen LogP contribution >= 0.6 is 0 Å². The van der Waals surface area contributed by atoms with Crippen molar-refractivity contribution in [2.45, 2.75) is 0 Å². The first-order chi connectivity index (χ1) is 15.6. The van der Waals surface area contributed by atoms with Crippen LogP contribution in [0.15, 0.2) is 85.8 Å². The van der Waals surface area contributed by atoms with Gasteiger partial charge in [0, 0.05) is 29.7 Å². The van der Waals surface area contributed by atoms with Crippen LogP contribution in [0.5, 0.6) is 0 Å². The smallest absolute Gasteiger partial charge is 0.262 e. The maximum atomic E-state index is 13.1. The molecule has 0 aliphatic carbocycles. The molecule has 1 amide bonds. The summed E-state index contributed by atoms with van der Waals surface area (Å²) < 4.78 is 3.25. The summed E-state index contributed by atoms with van der Waals surface area (Å²) in [6.07, 6.45) is 6.63. The van der Waals surface area contributed by atoms with E-state index in [2.05, 4.69) is 22.0 Å². The fourth-order valence-electron chi connectivity index (χ4n) is 3.38. The van der Waals surface area contributed by atoms with E-state index in [1.807, 2.05) is 54.6 Å². The molecule has 0 radical (unpaired) electrons. The van der Waals surface area contributed by atoms with E-state index in [1.165, 1.54) is 6.20 Å². The number of aromatic nitrogens is 5. The summed E-state index contributed by atoms with van der Waals surface area (Å²) in [4.78, 5) is 17.3. The average Bonchev–Trinajstić information content (AvgIpc) is 3.44. The van der Waals surface area contributed by atoms with Crippen molar-refractivity contribution >= 4 is 29.1 Å². The highest BCUT2D eigenvalue weighted by Crippen LogP contribution is 2.26. The van der Waals surface area contributed by atoms with Crippen molar-refractivity contribution in [2.24, 2.45) is 0 Å². The zero-order valence-corrected chi connectivity index (χ0v) is 17.0. The number of nitrogens with zero attached hydrogens (tertiary/aromatic N) is 5. The monoisotopic (exact) mass is 421 g/mol. The molecule has 3 heterocycles. The molecule has 2 aromatic carbocycles. The Balaban J connectivity index is 1.56. The van der Waals surface area contributed by atoms with Crippen molar-refractivity contribution in [1.29, 1.82) is 0 Å². The number of rotatable bonds is 5. The highest BCUT2D eigenvalue weighted by atomic mass is 16.1. The van der Waals surface area contributed by atoms with Gasteiger partial charge in [0.05, 0.1) is 17.6 Å². The van der Waals surface area contributed by atoms with Crippen LogP contribution in [0.2, 0.25) is 0 Å². The van der Waals surface area contributed by atoms with Crippen LogP contribution < -0.4 is 11.1 Å². The van der Waals surface area contributed by atoms with E-state index < -0.39 is 0 Å². The van der Waals surface area contributed by atoms with E-state index in [0.717, 1.165) is 16.8 Å². The molecule has 0 bridgehead atoms. The van der Waals surface area contributed by atoms with Crippen molar-refractivity contribution < 1.29 is 4.79 Å². The minimum atomic E-state index is -0.327. The zero-order chi connectivity index (χ0) is 22.1. The Bertz CT molecular complexity index is 1430. The summed E-state index contributed by atoms with van der Waals surface area (Å²) in [6, 6.07) is 18.7. The molecule has 8 heteroatoms. The summed E-state index contributed by atoms with van der Waals surface area (Å²) in [5.41, 5.74) is 10.7. The van der Waals surface area contributed by atoms with Crippen LogP contribution in [0.3, 0.4) is 0 Å². The highest BCUT2D eigenvalue weighted by molar-refractivity contribution is 6.08. The number of amides is 1. The number of carbonyl (C=O) groups is 1. The first-order valence-electron chi connectivity index (χ1n) is 9.91. The molecule has 3 aromatic heterocycles. The van der Waals surface area contributed by atoms with Crippen molar-refractivity contribution in [2.75, 3.05) is 11.1 Å². The molecular formula is C24H19N7O. The lowest BCUT2D eigenvalue weighted by molar-refractivity contribution is 0.102. The Kier molecular flexibility index (Phi) is 4.72. The number of nitrogens with two attached hydrogens (primary N) is 1. The second kappa shape index (κ2) is 7.84. The molecule has 0 saturated carbocycles. The third-order valence-corrected chi connectivity index (χ3v) is 5.05. The van der Waals surface area contributed by atoms with Crippen molar-refractivity contribution in [3.63, 3.8) is 0 Å². The first kappa shape index (κ1) is 19.3. The normalized spacial score (nSPS) is 10.9. The second-order valence-electron chi connectivity index (χ2n) is 7.14. The zero-order valence-electron chi connectivity index (χ0n) is 17.0. The largest absolute Gasteiger partial charge is 0.399 e. The van der Waals surface area contributed by atoms with E-state index in [-0.39, 0.29) is 5.91 Å². The molecule has 0 aliphatic rings. The Morgan fingerprint density at radius 3 is 2.62 bits per heavy atom. The molecule has 156 valence electrons. The minimum absolute atomic E-state index is 0.327. The summed E-state index contributed by atoms with van der Waals surface area (Å²) in [7, 11) is 0. The lowest BCUT2D eigenvalue weighted by atomic mass is 10.1. The van der Waals surface area contributed by atoms with Gasteiger partial charge in [-0.15, -0.1) is 0 Å². The second-order valence-corrected chi connectivity index (χ2v) is 7.14. The van der Waals surface area contributed by atoms with Crippen LogP contribution in [0, 0.1) is 0 Å². The van der Waals surface area contributed by atoms with E-state index in [9.17, 15) is 4.79 Å². The summed E-state index contributed by atoms with van der Waals surface area (Å²) in [5, 5.41) is 11.9. The highest BCUT2D eigenvalue weighted by Gasteiger charge is 2.18. The Hall–Kier alpha value is -4.72. The Morgan fingerprint density at radius 2 is 1.88 bits per heavy atom. The lowest BCUT2D eigenvalue weighted by Gasteiger charge is -2.08. The number of nitrogen functional groups attached to an aromatic ring is 1. The molecule has 8 nitrogen and oxygen atoms in total. The first-order valence-corrected chi connectivity index (χ1v) is 9.91. The molecular weight excluding hydrogens is 402 g/mol. The number of hydrogen-bond acceptors (Lipinski definition) is 5. The van der Waals surface area contributed by atoms with E-state index in [1.54, 1.807) is 33.7 Å². The van der Waals surface area contributed by atoms with Gasteiger partial charge in [-0.3, -0.25) is 4.79 Å². The fraction of sp³-hybridized carbons (Fsp3) is 0. The van der Waals surface area contributed by atoms with Crippen molar-refractivity contribution in [3.05, 3.63) is 97.0 Å². The van der Waals surface area contributed by atoms with E-state index in [0.29, 0.717) is 28.4 Å². The molecule has 32 heavy (non-hydrogen) atoms. The van der Waals surface area contributed by atoms with E-state index >= 15 is 0 Å². The van der Waals surface area contributed by atoms with E-state index in [4.69, 9.17) is 10.8 Å². The third-order valence-electron chi connectivity index (χ3n) is 5.05. The fourth-order valence-corrected chi connectivity index (χ4v) is 3.38. The van der Waals surface area contributed by atoms with Gasteiger partial charge in [0.25, 0.3) is 5.91 Å². The number of carbonyl (C=O) groups excluding carboxylic acids is 1. The Morgan fingerprint density at radius 1 is 1.09 bits per heavy atom. The summed E-state index contributed by atoms with van der Waals surface area (Å²) in [5.74, 6) is 0.190. The molecule has 0 aliphatic heterocycles. The van der Waals surface area contributed by atoms with Crippen LogP contribution in [-0.2, 0) is 0 Å². The summed E-state index contributed by atoms with van der Waals surface area (Å²) in [6.45, 7) is 3.79. The molecule has 5 aromatic rings. The quantitative estimate of drug-likeness (QED) is 0.417. The standard InChI is InChI=1S/C24H19N7O/c1-2-16-4-10-19(11-5-16)31-22(14-21(29-31)17-6-8-18(25)9-7-17)28-24(32)20-15-27-30-13-3-12-26-23(20)30/h2-15H,1,25H2,(H,28,32). The molecule has 0 spiro atoms. The number of benzene rings is 2. The Labute approximate surface area is 183 Å². The number of nitrogens with one attached hydrogen (secondary N) is 1. The van der Waals surface area contributed by atoms with Gasteiger partial charge in [-0.1, -0.05) is 36.9 Å². The number of hydrogen-bond donors (Lipinski definition) is 2. The van der Waals surface area contributed by atoms with Gasteiger partial charge in [-0.05, 0) is 35.9 Å². The van der Waals surface area contributed by atoms with Crippen LogP contribution in [-0.4, -0.2) is 30.3 Å². The van der Waals surface area contributed by atoms with Gasteiger partial charge in [0.2, 0.25) is 0 Å². The van der Waals surface area contributed by atoms with Gasteiger partial charge in [0.15, 0.2) is 5.65 Å². The topological polar surface area (TPSA) is 103 Å². The molecule has 0 fully saturated rings. The van der Waals surface area contributed by atoms with Crippen molar-refractivity contribution in [3.8, 4) is 16.9 Å². The van der Waals surface area contributed by atoms with Gasteiger partial charge >= 0.3 is 0 Å². The number of fused-ring (bicyclic) bond motifs is 1. The lowest BCUT2D eigenvalue weighted by Crippen LogP contribution is -2.15. The maximum absolute atomic E-state index is 13.1. The molecule has 5 rings (SSSR count). The average molecular weight is 421 g/mol. The van der Waals surface area contributed by atoms with Gasteiger partial charge in [0.1, 0.15) is 11.4 Å². The van der Waals surface area contributed by atoms with Gasteiger partial charge < -0.3 is 11.1 Å². The van der Waals surface area contributed by atoms with Crippen LogP contribution in [0.25, 0.3) is 28.7 Å². The molecule has 0 unspecified atom stereocenters. The predicted molar refractivity (Wildman–Crippen MR) is 124 cm³/mol.